The number of hydrogen-bond acceptors (Lipinski definition) is 4. The van der Waals surface area contributed by atoms with Gasteiger partial charge in [0, 0.05) is 11.0 Å². The zero-order valence-corrected chi connectivity index (χ0v) is 10.7. The summed E-state index contributed by atoms with van der Waals surface area (Å²) >= 11 is 5.06. The van der Waals surface area contributed by atoms with Crippen molar-refractivity contribution in [3.05, 3.63) is 21.6 Å². The normalized spacial score (nSPS) is 10.9. The summed E-state index contributed by atoms with van der Waals surface area (Å²) in [5, 5.41) is 0.934. The third kappa shape index (κ3) is 2.14. The molecule has 0 spiro atoms. The van der Waals surface area contributed by atoms with Crippen molar-refractivity contribution >= 4 is 37.5 Å². The molecule has 15 heavy (non-hydrogen) atoms. The van der Waals surface area contributed by atoms with Crippen molar-refractivity contribution in [1.29, 1.82) is 0 Å². The Morgan fingerprint density at radius 2 is 2.33 bits per heavy atom. The van der Waals surface area contributed by atoms with Crippen molar-refractivity contribution in [3.63, 3.8) is 0 Å². The first-order chi connectivity index (χ1) is 7.24. The number of ether oxygens (including phenoxy) is 1. The second kappa shape index (κ2) is 4.47. The fraction of sp³-hybridized carbons (Fsp3) is 0.300. The molecule has 0 bridgehead atoms. The van der Waals surface area contributed by atoms with Gasteiger partial charge in [0.25, 0.3) is 0 Å². The number of halogens is 1. The van der Waals surface area contributed by atoms with Crippen LogP contribution in [0.25, 0.3) is 10.2 Å². The highest BCUT2D eigenvalue weighted by atomic mass is 79.9. The first-order valence-electron chi connectivity index (χ1n) is 4.66. The van der Waals surface area contributed by atoms with Crippen LogP contribution >= 0.6 is 27.3 Å². The first-order valence-corrected chi connectivity index (χ1v) is 6.27. The third-order valence-electron chi connectivity index (χ3n) is 1.94. The molecule has 1 heterocycles. The number of fused-ring (bicyclic) bond motifs is 1. The van der Waals surface area contributed by atoms with E-state index in [0.29, 0.717) is 13.2 Å². The molecular weight excluding hydrogens is 276 g/mol. The van der Waals surface area contributed by atoms with Crippen molar-refractivity contribution < 1.29 is 4.74 Å². The molecule has 0 radical (unpaired) electrons. The summed E-state index contributed by atoms with van der Waals surface area (Å²) in [5.74, 6) is 0.817. The quantitative estimate of drug-likeness (QED) is 0.944. The molecule has 2 rings (SSSR count). The molecule has 5 heteroatoms. The molecule has 3 nitrogen and oxygen atoms in total. The van der Waals surface area contributed by atoms with E-state index >= 15 is 0 Å². The Morgan fingerprint density at radius 3 is 3.00 bits per heavy atom. The van der Waals surface area contributed by atoms with E-state index in [1.807, 2.05) is 19.1 Å². The minimum absolute atomic E-state index is 0.475. The predicted molar refractivity (Wildman–Crippen MR) is 66.4 cm³/mol. The minimum atomic E-state index is 0.475. The number of nitrogens with zero attached hydrogens (tertiary/aromatic N) is 1. The van der Waals surface area contributed by atoms with E-state index in [0.717, 1.165) is 25.4 Å². The van der Waals surface area contributed by atoms with E-state index in [4.69, 9.17) is 10.5 Å². The van der Waals surface area contributed by atoms with Gasteiger partial charge in [0.1, 0.15) is 16.3 Å². The fourth-order valence-corrected chi connectivity index (χ4v) is 2.86. The number of hydrogen-bond donors (Lipinski definition) is 1. The Hall–Kier alpha value is -0.650. The SMILES string of the molecule is CCOc1cc(Br)cc2sc(CN)nc12. The topological polar surface area (TPSA) is 48.1 Å². The lowest BCUT2D eigenvalue weighted by molar-refractivity contribution is 0.343. The molecule has 0 unspecified atom stereocenters. The van der Waals surface area contributed by atoms with Crippen LogP contribution in [-0.2, 0) is 6.54 Å². The van der Waals surface area contributed by atoms with E-state index in [9.17, 15) is 0 Å². The van der Waals surface area contributed by atoms with Crippen LogP contribution in [0, 0.1) is 0 Å². The van der Waals surface area contributed by atoms with Gasteiger partial charge in [-0.3, -0.25) is 0 Å². The molecular formula is C10H11BrN2OS. The minimum Gasteiger partial charge on any atom is -0.492 e. The predicted octanol–water partition coefficient (Wildman–Crippen LogP) is 2.92. The molecule has 0 amide bonds. The maximum absolute atomic E-state index is 5.57. The monoisotopic (exact) mass is 286 g/mol. The second-order valence-corrected chi connectivity index (χ2v) is 5.03. The van der Waals surface area contributed by atoms with Gasteiger partial charge < -0.3 is 10.5 Å². The summed E-state index contributed by atoms with van der Waals surface area (Å²) < 4.78 is 7.64. The van der Waals surface area contributed by atoms with Crippen molar-refractivity contribution in [2.75, 3.05) is 6.61 Å². The van der Waals surface area contributed by atoms with Crippen LogP contribution in [0.15, 0.2) is 16.6 Å². The van der Waals surface area contributed by atoms with Gasteiger partial charge in [-0.25, -0.2) is 4.98 Å². The summed E-state index contributed by atoms with van der Waals surface area (Å²) in [6.07, 6.45) is 0. The highest BCUT2D eigenvalue weighted by molar-refractivity contribution is 9.10. The van der Waals surface area contributed by atoms with Crippen LogP contribution in [0.5, 0.6) is 5.75 Å². The zero-order chi connectivity index (χ0) is 10.8. The van der Waals surface area contributed by atoms with Crippen LogP contribution in [0.1, 0.15) is 11.9 Å². The van der Waals surface area contributed by atoms with Gasteiger partial charge >= 0.3 is 0 Å². The maximum Gasteiger partial charge on any atom is 0.147 e. The van der Waals surface area contributed by atoms with Gasteiger partial charge in [-0.15, -0.1) is 11.3 Å². The summed E-state index contributed by atoms with van der Waals surface area (Å²) in [7, 11) is 0. The van der Waals surface area contributed by atoms with Gasteiger partial charge in [-0.1, -0.05) is 15.9 Å². The average molecular weight is 287 g/mol. The molecule has 0 atom stereocenters. The Bertz CT molecular complexity index is 483. The molecule has 1 aromatic carbocycles. The lowest BCUT2D eigenvalue weighted by atomic mass is 10.3. The molecule has 2 N–H and O–H groups in total. The average Bonchev–Trinajstić information content (AvgIpc) is 2.61. The van der Waals surface area contributed by atoms with Gasteiger partial charge in [0.2, 0.25) is 0 Å². The van der Waals surface area contributed by atoms with E-state index in [-0.39, 0.29) is 0 Å². The molecule has 80 valence electrons. The first kappa shape index (κ1) is 10.9. The highest BCUT2D eigenvalue weighted by Crippen LogP contribution is 2.33. The fourth-order valence-electron chi connectivity index (χ4n) is 1.37. The van der Waals surface area contributed by atoms with Crippen LogP contribution in [-0.4, -0.2) is 11.6 Å². The Kier molecular flexibility index (Phi) is 3.23. The van der Waals surface area contributed by atoms with E-state index in [1.165, 1.54) is 0 Å². The zero-order valence-electron chi connectivity index (χ0n) is 8.29. The molecule has 0 saturated heterocycles. The lowest BCUT2D eigenvalue weighted by Gasteiger charge is -2.03. The van der Waals surface area contributed by atoms with E-state index < -0.39 is 0 Å². The smallest absolute Gasteiger partial charge is 0.147 e. The van der Waals surface area contributed by atoms with E-state index in [1.54, 1.807) is 11.3 Å². The molecule has 1 aromatic heterocycles. The molecule has 0 aliphatic rings. The Labute approximate surface area is 100 Å². The third-order valence-corrected chi connectivity index (χ3v) is 3.43. The summed E-state index contributed by atoms with van der Waals surface area (Å²) in [5.41, 5.74) is 6.48. The number of thiazole rings is 1. The number of rotatable bonds is 3. The van der Waals surface area contributed by atoms with Crippen molar-refractivity contribution in [2.24, 2.45) is 5.73 Å². The van der Waals surface area contributed by atoms with Crippen LogP contribution in [0.3, 0.4) is 0 Å². The summed E-state index contributed by atoms with van der Waals surface area (Å²) in [4.78, 5) is 4.44. The highest BCUT2D eigenvalue weighted by Gasteiger charge is 2.09. The molecule has 2 aromatic rings. The van der Waals surface area contributed by atoms with E-state index in [2.05, 4.69) is 20.9 Å². The molecule has 0 fully saturated rings. The van der Waals surface area contributed by atoms with Crippen LogP contribution < -0.4 is 10.5 Å². The number of aromatic nitrogens is 1. The van der Waals surface area contributed by atoms with Crippen LogP contribution in [0.2, 0.25) is 0 Å². The summed E-state index contributed by atoms with van der Waals surface area (Å²) in [6, 6.07) is 3.97. The Morgan fingerprint density at radius 1 is 1.53 bits per heavy atom. The number of benzene rings is 1. The van der Waals surface area contributed by atoms with Gasteiger partial charge in [-0.2, -0.15) is 0 Å². The van der Waals surface area contributed by atoms with Crippen LogP contribution in [0.4, 0.5) is 0 Å². The lowest BCUT2D eigenvalue weighted by Crippen LogP contribution is -1.95. The number of nitrogens with two attached hydrogens (primary N) is 1. The molecule has 0 saturated carbocycles. The Balaban J connectivity index is 2.61. The van der Waals surface area contributed by atoms with Crippen molar-refractivity contribution in [1.82, 2.24) is 4.98 Å². The van der Waals surface area contributed by atoms with Gasteiger partial charge in [-0.05, 0) is 19.1 Å². The van der Waals surface area contributed by atoms with Crippen molar-refractivity contribution in [3.8, 4) is 5.75 Å². The van der Waals surface area contributed by atoms with Gasteiger partial charge in [0.15, 0.2) is 0 Å². The standard InChI is InChI=1S/C10H11BrN2OS/c1-2-14-7-3-6(11)4-8-10(7)13-9(5-12)15-8/h3-4H,2,5,12H2,1H3. The molecule has 0 aliphatic carbocycles. The molecule has 0 aliphatic heterocycles. The van der Waals surface area contributed by atoms with Gasteiger partial charge in [0.05, 0.1) is 11.3 Å². The summed E-state index contributed by atoms with van der Waals surface area (Å²) in [6.45, 7) is 3.08. The second-order valence-electron chi connectivity index (χ2n) is 3.00. The van der Waals surface area contributed by atoms with Crippen molar-refractivity contribution in [2.45, 2.75) is 13.5 Å². The largest absolute Gasteiger partial charge is 0.492 e. The maximum atomic E-state index is 5.57.